The van der Waals surface area contributed by atoms with Crippen molar-refractivity contribution in [1.82, 2.24) is 4.90 Å². The van der Waals surface area contributed by atoms with Crippen molar-refractivity contribution >= 4 is 0 Å². The Morgan fingerprint density at radius 2 is 1.81 bits per heavy atom. The van der Waals surface area contributed by atoms with Crippen LogP contribution in [-0.2, 0) is 4.74 Å². The number of nitrogens with zero attached hydrogens (tertiary/aromatic N) is 1. The highest BCUT2D eigenvalue weighted by atomic mass is 16.5. The molecule has 2 saturated carbocycles. The van der Waals surface area contributed by atoms with Gasteiger partial charge in [0.25, 0.3) is 0 Å². The van der Waals surface area contributed by atoms with Gasteiger partial charge in [-0.3, -0.25) is 4.90 Å². The third-order valence-electron chi connectivity index (χ3n) is 4.56. The molecule has 0 unspecified atom stereocenters. The van der Waals surface area contributed by atoms with Crippen molar-refractivity contribution in [1.29, 1.82) is 0 Å². The van der Waals surface area contributed by atoms with Gasteiger partial charge in [-0.1, -0.05) is 0 Å². The van der Waals surface area contributed by atoms with E-state index in [1.807, 2.05) is 0 Å². The monoisotopic (exact) mass is 224 g/mol. The lowest BCUT2D eigenvalue weighted by Gasteiger charge is -2.40. The van der Waals surface area contributed by atoms with Crippen molar-refractivity contribution in [2.45, 2.75) is 50.7 Å². The van der Waals surface area contributed by atoms with Crippen LogP contribution in [0.15, 0.2) is 0 Å². The largest absolute Gasteiger partial charge is 0.377 e. The minimum Gasteiger partial charge on any atom is -0.377 e. The minimum absolute atomic E-state index is 0.435. The Morgan fingerprint density at radius 1 is 1.12 bits per heavy atom. The summed E-state index contributed by atoms with van der Waals surface area (Å²) in [5.74, 6) is 0. The highest BCUT2D eigenvalue weighted by Crippen LogP contribution is 2.52. The van der Waals surface area contributed by atoms with Crippen LogP contribution >= 0.6 is 0 Å². The van der Waals surface area contributed by atoms with E-state index in [-0.39, 0.29) is 0 Å². The topological polar surface area (TPSA) is 38.5 Å². The van der Waals surface area contributed by atoms with Gasteiger partial charge in [-0.15, -0.1) is 0 Å². The summed E-state index contributed by atoms with van der Waals surface area (Å²) in [5, 5.41) is 0. The summed E-state index contributed by atoms with van der Waals surface area (Å²) in [5.41, 5.74) is 6.67. The lowest BCUT2D eigenvalue weighted by molar-refractivity contribution is -0.00982. The summed E-state index contributed by atoms with van der Waals surface area (Å²) >= 11 is 0. The fourth-order valence-corrected chi connectivity index (χ4v) is 3.16. The number of rotatable bonds is 4. The predicted molar refractivity (Wildman–Crippen MR) is 64.3 cm³/mol. The molecule has 1 heterocycles. The molecule has 16 heavy (non-hydrogen) atoms. The van der Waals surface area contributed by atoms with Gasteiger partial charge >= 0.3 is 0 Å². The first-order valence-corrected chi connectivity index (χ1v) is 6.85. The molecule has 0 aromatic heterocycles. The van der Waals surface area contributed by atoms with E-state index < -0.39 is 0 Å². The molecular formula is C13H24N2O. The van der Waals surface area contributed by atoms with E-state index in [0.717, 1.165) is 31.4 Å². The van der Waals surface area contributed by atoms with Crippen molar-refractivity contribution in [2.24, 2.45) is 11.1 Å². The van der Waals surface area contributed by atoms with Gasteiger partial charge in [0.05, 0.1) is 12.7 Å². The van der Waals surface area contributed by atoms with E-state index in [2.05, 4.69) is 4.90 Å². The molecule has 3 aliphatic rings. The van der Waals surface area contributed by atoms with Crippen LogP contribution in [0.2, 0.25) is 0 Å². The predicted octanol–water partition coefficient (Wildman–Crippen LogP) is 1.37. The Hall–Kier alpha value is -0.120. The van der Waals surface area contributed by atoms with E-state index in [1.165, 1.54) is 38.8 Å². The van der Waals surface area contributed by atoms with Gasteiger partial charge in [-0.05, 0) is 43.9 Å². The highest BCUT2D eigenvalue weighted by Gasteiger charge is 2.51. The third-order valence-corrected chi connectivity index (χ3v) is 4.56. The van der Waals surface area contributed by atoms with Crippen LogP contribution in [0, 0.1) is 5.41 Å². The van der Waals surface area contributed by atoms with E-state index in [1.54, 1.807) is 0 Å². The van der Waals surface area contributed by atoms with Gasteiger partial charge in [-0.2, -0.15) is 0 Å². The fourth-order valence-electron chi connectivity index (χ4n) is 3.16. The van der Waals surface area contributed by atoms with Crippen LogP contribution in [0.4, 0.5) is 0 Å². The molecule has 0 aromatic rings. The second-order valence-electron chi connectivity index (χ2n) is 6.12. The quantitative estimate of drug-likeness (QED) is 0.784. The van der Waals surface area contributed by atoms with Gasteiger partial charge in [0.1, 0.15) is 0 Å². The fraction of sp³-hybridized carbons (Fsp3) is 1.00. The summed E-state index contributed by atoms with van der Waals surface area (Å²) in [7, 11) is 0. The summed E-state index contributed by atoms with van der Waals surface area (Å²) in [6.07, 6.45) is 8.09. The molecule has 0 aromatic carbocycles. The average molecular weight is 224 g/mol. The number of nitrogens with two attached hydrogens (primary N) is 1. The first-order valence-electron chi connectivity index (χ1n) is 6.85. The molecule has 2 N–H and O–H groups in total. The minimum atomic E-state index is 0.435. The molecule has 3 rings (SSSR count). The summed E-state index contributed by atoms with van der Waals surface area (Å²) < 4.78 is 5.93. The van der Waals surface area contributed by atoms with Crippen LogP contribution in [0.1, 0.15) is 38.5 Å². The number of likely N-dealkylation sites (tertiary alicyclic amines) is 1. The van der Waals surface area contributed by atoms with E-state index in [4.69, 9.17) is 10.5 Å². The standard InChI is InChI=1S/C13H24N2O/c14-11-1-3-12(4-2-11)16-8-7-15-9-13(10-15)5-6-13/h11-12H,1-10,14H2. The summed E-state index contributed by atoms with van der Waals surface area (Å²) in [4.78, 5) is 2.54. The maximum absolute atomic E-state index is 5.93. The number of ether oxygens (including phenoxy) is 1. The molecule has 0 amide bonds. The lowest BCUT2D eigenvalue weighted by atomic mass is 9.94. The van der Waals surface area contributed by atoms with Crippen molar-refractivity contribution in [2.75, 3.05) is 26.2 Å². The summed E-state index contributed by atoms with van der Waals surface area (Å²) in [6.45, 7) is 4.75. The zero-order chi connectivity index (χ0) is 11.0. The Balaban J connectivity index is 1.26. The van der Waals surface area contributed by atoms with Crippen molar-refractivity contribution in [3.05, 3.63) is 0 Å². The molecule has 1 spiro atoms. The maximum Gasteiger partial charge on any atom is 0.0597 e. The zero-order valence-corrected chi connectivity index (χ0v) is 10.2. The van der Waals surface area contributed by atoms with Gasteiger partial charge in [0, 0.05) is 25.7 Å². The van der Waals surface area contributed by atoms with Crippen LogP contribution in [-0.4, -0.2) is 43.3 Å². The molecule has 3 nitrogen and oxygen atoms in total. The molecule has 3 fully saturated rings. The first-order chi connectivity index (χ1) is 7.76. The maximum atomic E-state index is 5.93. The molecule has 92 valence electrons. The smallest absolute Gasteiger partial charge is 0.0597 e. The molecule has 0 atom stereocenters. The van der Waals surface area contributed by atoms with Gasteiger partial charge in [0.15, 0.2) is 0 Å². The Bertz CT molecular complexity index is 236. The zero-order valence-electron chi connectivity index (χ0n) is 10.2. The van der Waals surface area contributed by atoms with Gasteiger partial charge in [-0.25, -0.2) is 0 Å². The van der Waals surface area contributed by atoms with Crippen molar-refractivity contribution < 1.29 is 4.74 Å². The number of hydrogen-bond donors (Lipinski definition) is 1. The molecule has 1 saturated heterocycles. The van der Waals surface area contributed by atoms with Crippen LogP contribution in [0.25, 0.3) is 0 Å². The Labute approximate surface area is 98.3 Å². The molecule has 0 bridgehead atoms. The van der Waals surface area contributed by atoms with Crippen molar-refractivity contribution in [3.63, 3.8) is 0 Å². The second-order valence-corrected chi connectivity index (χ2v) is 6.12. The SMILES string of the molecule is NC1CCC(OCCN2CC3(CC3)C2)CC1. The average Bonchev–Trinajstić information content (AvgIpc) is 3.00. The second kappa shape index (κ2) is 4.28. The third kappa shape index (κ3) is 2.41. The molecule has 3 heteroatoms. The van der Waals surface area contributed by atoms with E-state index in [9.17, 15) is 0 Å². The van der Waals surface area contributed by atoms with Crippen LogP contribution in [0.3, 0.4) is 0 Å². The number of hydrogen-bond acceptors (Lipinski definition) is 3. The van der Waals surface area contributed by atoms with Gasteiger partial charge < -0.3 is 10.5 Å². The van der Waals surface area contributed by atoms with Gasteiger partial charge in [0.2, 0.25) is 0 Å². The van der Waals surface area contributed by atoms with Crippen LogP contribution in [0.5, 0.6) is 0 Å². The first kappa shape index (κ1) is 11.0. The molecule has 1 aliphatic heterocycles. The summed E-state index contributed by atoms with van der Waals surface area (Å²) in [6, 6.07) is 0.435. The Kier molecular flexibility index (Phi) is 2.94. The molecule has 2 aliphatic carbocycles. The Morgan fingerprint density at radius 3 is 2.44 bits per heavy atom. The normalized spacial score (nSPS) is 37.3. The van der Waals surface area contributed by atoms with E-state index >= 15 is 0 Å². The van der Waals surface area contributed by atoms with Crippen LogP contribution < -0.4 is 5.73 Å². The molecular weight excluding hydrogens is 200 g/mol. The van der Waals surface area contributed by atoms with E-state index in [0.29, 0.717) is 12.1 Å². The lowest BCUT2D eigenvalue weighted by Crippen LogP contribution is -2.49. The molecule has 0 radical (unpaired) electrons. The highest BCUT2D eigenvalue weighted by molar-refractivity contribution is 5.04. The van der Waals surface area contributed by atoms with Crippen molar-refractivity contribution in [3.8, 4) is 0 Å².